The number of phenolic OH excluding ortho intramolecular Hbond substituents is 1. The van der Waals surface area contributed by atoms with Crippen LogP contribution in [-0.2, 0) is 40.0 Å². The van der Waals surface area contributed by atoms with Gasteiger partial charge in [-0.3, -0.25) is 48.3 Å². The molecule has 0 radical (unpaired) electrons. The SMILES string of the molecule is CN(C)c1ccc(O)c2c1C[C@H]1C[C@H]3[C@H](N(C)C)C(=O)C(C(N)=O)=C(O)[C@@]3(O)C(=O)C1=C2O.O=C(O)CN(CCN(CC(=O)O)CC(=O)O)CC(=O)O. The van der Waals surface area contributed by atoms with Gasteiger partial charge in [-0.1, -0.05) is 0 Å². The molecule has 290 valence electrons. The van der Waals surface area contributed by atoms with Crippen molar-refractivity contribution in [3.63, 3.8) is 0 Å². The fraction of sp³-hybridized carbons (Fsp3) is 0.485. The van der Waals surface area contributed by atoms with E-state index >= 15 is 0 Å². The number of fused-ring (bicyclic) bond motifs is 3. The van der Waals surface area contributed by atoms with Crippen LogP contribution in [0.4, 0.5) is 5.69 Å². The molecule has 20 nitrogen and oxygen atoms in total. The number of aliphatic hydroxyl groups excluding tert-OH is 2. The standard InChI is InChI=1S/C23H27N3O7.C10H16N2O8/c1-25(2)12-5-6-13(27)15-10(12)7-9-8-11-17(26(3)4)19(29)16(22(24)32)21(31)23(11,33)20(30)14(9)18(15)28;13-7(14)3-11(4-8(15)16)1-2-12(5-9(17)18)6-10(19)20/h5-6,9,11,17,27-28,31,33H,7-8H2,1-4H3,(H2,24,32);1-6H2,(H,13,14)(H,15,16)(H,17,18)(H,19,20)/t9-,11-,17-,23-;/m0./s1. The van der Waals surface area contributed by atoms with Gasteiger partial charge in [0.2, 0.25) is 5.78 Å². The highest BCUT2D eigenvalue weighted by Crippen LogP contribution is 2.53. The van der Waals surface area contributed by atoms with Gasteiger partial charge >= 0.3 is 23.9 Å². The molecule has 1 saturated carbocycles. The van der Waals surface area contributed by atoms with E-state index in [0.717, 1.165) is 15.5 Å². The van der Waals surface area contributed by atoms with Crippen molar-refractivity contribution in [1.82, 2.24) is 14.7 Å². The summed E-state index contributed by atoms with van der Waals surface area (Å²) in [6, 6.07) is 2.01. The lowest BCUT2D eigenvalue weighted by molar-refractivity contribution is -0.154. The third kappa shape index (κ3) is 8.74. The van der Waals surface area contributed by atoms with Gasteiger partial charge in [0.15, 0.2) is 11.4 Å². The molecule has 0 saturated heterocycles. The summed E-state index contributed by atoms with van der Waals surface area (Å²) >= 11 is 0. The van der Waals surface area contributed by atoms with Gasteiger partial charge in [0.05, 0.1) is 37.8 Å². The number of nitrogens with two attached hydrogens (primary N) is 1. The number of hydrogen-bond donors (Lipinski definition) is 9. The second-order valence-corrected chi connectivity index (χ2v) is 13.3. The average Bonchev–Trinajstić information content (AvgIpc) is 3.00. The van der Waals surface area contributed by atoms with Crippen LogP contribution in [0.1, 0.15) is 17.5 Å². The van der Waals surface area contributed by atoms with Crippen molar-refractivity contribution >= 4 is 52.8 Å². The molecule has 20 heteroatoms. The topological polar surface area (TPSA) is 320 Å². The molecule has 4 rings (SSSR count). The second kappa shape index (κ2) is 16.4. The van der Waals surface area contributed by atoms with Gasteiger partial charge in [0.1, 0.15) is 22.8 Å². The van der Waals surface area contributed by atoms with E-state index < -0.39 is 108 Å². The molecule has 10 N–H and O–H groups in total. The summed E-state index contributed by atoms with van der Waals surface area (Å²) < 4.78 is 0. The first kappa shape index (κ1) is 41.8. The van der Waals surface area contributed by atoms with Crippen molar-refractivity contribution in [3.8, 4) is 5.75 Å². The van der Waals surface area contributed by atoms with Crippen molar-refractivity contribution in [3.05, 3.63) is 40.2 Å². The number of amides is 1. The van der Waals surface area contributed by atoms with E-state index in [1.54, 1.807) is 20.2 Å². The predicted molar refractivity (Wildman–Crippen MR) is 182 cm³/mol. The van der Waals surface area contributed by atoms with E-state index in [4.69, 9.17) is 26.2 Å². The molecule has 0 spiro atoms. The number of carbonyl (C=O) groups is 7. The molecule has 4 atom stereocenters. The first-order chi connectivity index (χ1) is 24.5. The molecular formula is C33H43N5O15. The molecule has 3 aliphatic rings. The summed E-state index contributed by atoms with van der Waals surface area (Å²) in [5.74, 6) is -11.4. The minimum atomic E-state index is -2.63. The monoisotopic (exact) mass is 749 g/mol. The van der Waals surface area contributed by atoms with E-state index in [1.807, 2.05) is 19.0 Å². The van der Waals surface area contributed by atoms with Crippen molar-refractivity contribution in [1.29, 1.82) is 0 Å². The Morgan fingerprint density at radius 1 is 0.811 bits per heavy atom. The lowest BCUT2D eigenvalue weighted by Crippen LogP contribution is -2.65. The summed E-state index contributed by atoms with van der Waals surface area (Å²) in [4.78, 5) is 86.4. The van der Waals surface area contributed by atoms with Crippen LogP contribution < -0.4 is 10.6 Å². The molecule has 1 aromatic carbocycles. The molecule has 0 bridgehead atoms. The molecular weight excluding hydrogens is 706 g/mol. The fourth-order valence-electron chi connectivity index (χ4n) is 7.12. The molecule has 0 unspecified atom stereocenters. The summed E-state index contributed by atoms with van der Waals surface area (Å²) in [5.41, 5.74) is 3.15. The maximum atomic E-state index is 13.7. The van der Waals surface area contributed by atoms with E-state index in [0.29, 0.717) is 5.56 Å². The van der Waals surface area contributed by atoms with Gasteiger partial charge in [-0.25, -0.2) is 0 Å². The van der Waals surface area contributed by atoms with Crippen molar-refractivity contribution in [2.75, 3.05) is 72.4 Å². The van der Waals surface area contributed by atoms with Gasteiger partial charge in [-0.05, 0) is 50.6 Å². The Kier molecular flexibility index (Phi) is 13.0. The number of anilines is 1. The Morgan fingerprint density at radius 3 is 1.68 bits per heavy atom. The van der Waals surface area contributed by atoms with Crippen LogP contribution >= 0.6 is 0 Å². The zero-order valence-electron chi connectivity index (χ0n) is 29.3. The Bertz CT molecular complexity index is 1700. The zero-order chi connectivity index (χ0) is 40.3. The van der Waals surface area contributed by atoms with Crippen molar-refractivity contribution in [2.45, 2.75) is 24.5 Å². The Balaban J connectivity index is 0.000000327. The number of likely N-dealkylation sites (N-methyl/N-ethyl adjacent to an activating group) is 1. The summed E-state index contributed by atoms with van der Waals surface area (Å²) in [7, 11) is 6.75. The number of nitrogens with zero attached hydrogens (tertiary/aromatic N) is 4. The van der Waals surface area contributed by atoms with Gasteiger partial charge < -0.3 is 51.5 Å². The van der Waals surface area contributed by atoms with Gasteiger partial charge in [-0.15, -0.1) is 0 Å². The largest absolute Gasteiger partial charge is 0.508 e. The quantitative estimate of drug-likeness (QED) is 0.0925. The maximum Gasteiger partial charge on any atom is 0.317 e. The number of rotatable bonds is 14. The maximum absolute atomic E-state index is 13.7. The van der Waals surface area contributed by atoms with Crippen LogP contribution in [0.15, 0.2) is 29.0 Å². The normalized spacial score (nSPS) is 22.2. The molecule has 0 aromatic heterocycles. The minimum absolute atomic E-state index is 0.0638. The summed E-state index contributed by atoms with van der Waals surface area (Å²) in [6.07, 6.45) is 0.324. The first-order valence-electron chi connectivity index (χ1n) is 16.0. The number of benzene rings is 1. The Hall–Kier alpha value is -5.57. The number of carbonyl (C=O) groups excluding carboxylic acids is 3. The van der Waals surface area contributed by atoms with Gasteiger partial charge in [0, 0.05) is 44.4 Å². The number of aliphatic carboxylic acids is 4. The number of aromatic hydroxyl groups is 1. The average molecular weight is 750 g/mol. The highest BCUT2D eigenvalue weighted by molar-refractivity contribution is 6.24. The molecule has 0 aliphatic heterocycles. The summed E-state index contributed by atoms with van der Waals surface area (Å²) in [5, 5.41) is 78.4. The smallest absolute Gasteiger partial charge is 0.317 e. The number of carboxylic acids is 4. The van der Waals surface area contributed by atoms with E-state index in [-0.39, 0.29) is 42.8 Å². The van der Waals surface area contributed by atoms with Crippen LogP contribution in [0.25, 0.3) is 5.76 Å². The number of primary amides is 1. The lowest BCUT2D eigenvalue weighted by atomic mass is 9.57. The highest BCUT2D eigenvalue weighted by Gasteiger charge is 2.64. The Labute approximate surface area is 302 Å². The van der Waals surface area contributed by atoms with Crippen molar-refractivity contribution < 1.29 is 74.4 Å². The molecule has 1 fully saturated rings. The molecule has 1 amide bonds. The van der Waals surface area contributed by atoms with Crippen LogP contribution in [0.5, 0.6) is 5.75 Å². The van der Waals surface area contributed by atoms with Crippen molar-refractivity contribution in [2.24, 2.45) is 17.6 Å². The first-order valence-corrected chi connectivity index (χ1v) is 16.0. The lowest BCUT2D eigenvalue weighted by Gasteiger charge is -2.50. The minimum Gasteiger partial charge on any atom is -0.508 e. The van der Waals surface area contributed by atoms with E-state index in [1.165, 1.54) is 11.0 Å². The zero-order valence-corrected chi connectivity index (χ0v) is 29.3. The molecule has 3 aliphatic carbocycles. The number of hydrogen-bond acceptors (Lipinski definition) is 15. The fourth-order valence-corrected chi connectivity index (χ4v) is 7.12. The van der Waals surface area contributed by atoms with Crippen LogP contribution in [-0.4, -0.2) is 176 Å². The number of Topliss-reactive ketones (excluding diaryl/α,β-unsaturated/α-hetero) is 2. The van der Waals surface area contributed by atoms with E-state index in [2.05, 4.69) is 0 Å². The number of ketones is 2. The number of phenols is 1. The van der Waals surface area contributed by atoms with Gasteiger partial charge in [-0.2, -0.15) is 0 Å². The highest BCUT2D eigenvalue weighted by atomic mass is 16.4. The third-order valence-electron chi connectivity index (χ3n) is 9.23. The van der Waals surface area contributed by atoms with Crippen LogP contribution in [0.3, 0.4) is 0 Å². The van der Waals surface area contributed by atoms with Gasteiger partial charge in [0.25, 0.3) is 5.91 Å². The molecule has 53 heavy (non-hydrogen) atoms. The number of carboxylic acid groups (broad SMARTS) is 4. The summed E-state index contributed by atoms with van der Waals surface area (Å²) in [6.45, 7) is -2.25. The van der Waals surface area contributed by atoms with Crippen LogP contribution in [0.2, 0.25) is 0 Å². The Morgan fingerprint density at radius 2 is 1.28 bits per heavy atom. The third-order valence-corrected chi connectivity index (χ3v) is 9.23. The predicted octanol–water partition coefficient (Wildman–Crippen LogP) is -2.04. The molecule has 1 aromatic rings. The second-order valence-electron chi connectivity index (χ2n) is 13.3. The van der Waals surface area contributed by atoms with Crippen LogP contribution in [0, 0.1) is 11.8 Å². The van der Waals surface area contributed by atoms with E-state index in [9.17, 15) is 54.0 Å². The number of aliphatic hydroxyl groups is 3. The molecule has 0 heterocycles.